The Balaban J connectivity index is 1.72. The van der Waals surface area contributed by atoms with Gasteiger partial charge in [0, 0.05) is 30.9 Å². The molecule has 0 radical (unpaired) electrons. The van der Waals surface area contributed by atoms with E-state index in [2.05, 4.69) is 32.9 Å². The minimum absolute atomic E-state index is 0.0658. The van der Waals surface area contributed by atoms with Crippen LogP contribution in [0, 0.1) is 5.82 Å². The zero-order valence-electron chi connectivity index (χ0n) is 16.0. The molecule has 0 aliphatic carbocycles. The van der Waals surface area contributed by atoms with Crippen molar-refractivity contribution in [2.45, 2.75) is 45.7 Å². The van der Waals surface area contributed by atoms with Gasteiger partial charge in [-0.2, -0.15) is 0 Å². The maximum Gasteiger partial charge on any atom is 0.244 e. The molecule has 2 aromatic carbocycles. The first kappa shape index (κ1) is 18.6. The molecule has 1 fully saturated rings. The lowest BCUT2D eigenvalue weighted by Crippen LogP contribution is -2.55. The molecule has 0 N–H and O–H groups in total. The van der Waals surface area contributed by atoms with Crippen LogP contribution in [0.5, 0.6) is 0 Å². The number of piperazine rings is 1. The number of halogens is 1. The van der Waals surface area contributed by atoms with Crippen LogP contribution in [0.4, 0.5) is 10.1 Å². The van der Waals surface area contributed by atoms with Crippen molar-refractivity contribution in [1.82, 2.24) is 4.90 Å². The molecular weight excluding hydrogens is 327 g/mol. The zero-order chi connectivity index (χ0) is 18.9. The first-order valence-electron chi connectivity index (χ1n) is 9.17. The van der Waals surface area contributed by atoms with Crippen molar-refractivity contribution in [1.29, 1.82) is 0 Å². The van der Waals surface area contributed by atoms with Gasteiger partial charge in [0.15, 0.2) is 0 Å². The summed E-state index contributed by atoms with van der Waals surface area (Å²) in [5.74, 6) is -0.150. The summed E-state index contributed by atoms with van der Waals surface area (Å²) >= 11 is 0. The van der Waals surface area contributed by atoms with E-state index in [-0.39, 0.29) is 23.2 Å². The molecule has 1 aliphatic rings. The Morgan fingerprint density at radius 1 is 1.04 bits per heavy atom. The normalized spacial score (nSPS) is 19.0. The van der Waals surface area contributed by atoms with Crippen LogP contribution in [0.1, 0.15) is 38.8 Å². The summed E-state index contributed by atoms with van der Waals surface area (Å²) in [4.78, 5) is 16.8. The fourth-order valence-electron chi connectivity index (χ4n) is 3.37. The van der Waals surface area contributed by atoms with Gasteiger partial charge in [-0.25, -0.2) is 4.39 Å². The van der Waals surface area contributed by atoms with Gasteiger partial charge in [0.05, 0.1) is 6.04 Å². The van der Waals surface area contributed by atoms with Crippen LogP contribution < -0.4 is 4.90 Å². The van der Waals surface area contributed by atoms with Crippen molar-refractivity contribution < 1.29 is 9.18 Å². The number of anilines is 1. The monoisotopic (exact) mass is 354 g/mol. The molecule has 1 saturated heterocycles. The number of carbonyl (C=O) groups excluding carboxylic acids is 1. The number of benzene rings is 2. The van der Waals surface area contributed by atoms with Gasteiger partial charge in [0.2, 0.25) is 5.91 Å². The highest BCUT2D eigenvalue weighted by molar-refractivity contribution is 5.97. The lowest BCUT2D eigenvalue weighted by atomic mass is 9.87. The number of carbonyl (C=O) groups is 1. The van der Waals surface area contributed by atoms with Crippen LogP contribution in [0.25, 0.3) is 0 Å². The van der Waals surface area contributed by atoms with Crippen LogP contribution in [0.3, 0.4) is 0 Å². The van der Waals surface area contributed by atoms with E-state index in [9.17, 15) is 9.18 Å². The topological polar surface area (TPSA) is 23.6 Å². The first-order chi connectivity index (χ1) is 12.3. The summed E-state index contributed by atoms with van der Waals surface area (Å²) in [6.07, 6.45) is 0. The van der Waals surface area contributed by atoms with Crippen molar-refractivity contribution in [2.75, 3.05) is 18.0 Å². The minimum atomic E-state index is -0.273. The van der Waals surface area contributed by atoms with E-state index in [0.717, 1.165) is 12.2 Å². The van der Waals surface area contributed by atoms with Gasteiger partial charge in [-0.3, -0.25) is 9.69 Å². The highest BCUT2D eigenvalue weighted by atomic mass is 19.1. The van der Waals surface area contributed by atoms with E-state index >= 15 is 0 Å². The van der Waals surface area contributed by atoms with E-state index in [1.807, 2.05) is 34.9 Å². The van der Waals surface area contributed by atoms with Crippen LogP contribution in [0.15, 0.2) is 48.5 Å². The molecule has 0 unspecified atom stereocenters. The van der Waals surface area contributed by atoms with Gasteiger partial charge < -0.3 is 4.90 Å². The molecule has 4 heteroatoms. The quantitative estimate of drug-likeness (QED) is 0.818. The maximum absolute atomic E-state index is 13.9. The van der Waals surface area contributed by atoms with Crippen LogP contribution >= 0.6 is 0 Å². The Labute approximate surface area is 155 Å². The van der Waals surface area contributed by atoms with Crippen molar-refractivity contribution >= 4 is 11.6 Å². The van der Waals surface area contributed by atoms with Gasteiger partial charge in [0.25, 0.3) is 0 Å². The van der Waals surface area contributed by atoms with E-state index in [1.54, 1.807) is 12.1 Å². The number of hydrogen-bond donors (Lipinski definition) is 0. The Bertz CT molecular complexity index is 779. The lowest BCUT2D eigenvalue weighted by molar-refractivity contribution is -0.125. The summed E-state index contributed by atoms with van der Waals surface area (Å²) in [5, 5.41) is 0. The van der Waals surface area contributed by atoms with Crippen LogP contribution in [0.2, 0.25) is 0 Å². The van der Waals surface area contributed by atoms with E-state index in [1.165, 1.54) is 11.6 Å². The van der Waals surface area contributed by atoms with Gasteiger partial charge in [-0.05, 0) is 36.1 Å². The number of rotatable bonds is 3. The largest absolute Gasteiger partial charge is 0.310 e. The van der Waals surface area contributed by atoms with E-state index < -0.39 is 0 Å². The SMILES string of the molecule is C[C@H]1C(=O)N(c2ccc(C(C)(C)C)cc2)CCN1Cc1ccccc1F. The molecular formula is C22H27FN2O. The molecule has 1 aliphatic heterocycles. The third-order valence-electron chi connectivity index (χ3n) is 5.16. The van der Waals surface area contributed by atoms with Gasteiger partial charge in [-0.1, -0.05) is 51.1 Å². The molecule has 0 bridgehead atoms. The third-order valence-corrected chi connectivity index (χ3v) is 5.16. The average molecular weight is 354 g/mol. The zero-order valence-corrected chi connectivity index (χ0v) is 16.0. The minimum Gasteiger partial charge on any atom is -0.310 e. The van der Waals surface area contributed by atoms with Crippen molar-refractivity contribution in [2.24, 2.45) is 0 Å². The predicted octanol–water partition coefficient (Wildman–Crippen LogP) is 4.36. The Hall–Kier alpha value is -2.20. The molecule has 26 heavy (non-hydrogen) atoms. The fourth-order valence-corrected chi connectivity index (χ4v) is 3.37. The summed E-state index contributed by atoms with van der Waals surface area (Å²) < 4.78 is 13.9. The fraction of sp³-hybridized carbons (Fsp3) is 0.409. The standard InChI is InChI=1S/C22H27FN2O/c1-16-21(26)25(19-11-9-18(10-12-19)22(2,3)4)14-13-24(16)15-17-7-5-6-8-20(17)23/h5-12,16H,13-15H2,1-4H3/t16-/m0/s1. The number of hydrogen-bond acceptors (Lipinski definition) is 2. The summed E-state index contributed by atoms with van der Waals surface area (Å²) in [6, 6.07) is 14.7. The number of nitrogens with zero attached hydrogens (tertiary/aromatic N) is 2. The van der Waals surface area contributed by atoms with Crippen LogP contribution in [-0.2, 0) is 16.8 Å². The van der Waals surface area contributed by atoms with Crippen LogP contribution in [-0.4, -0.2) is 29.9 Å². The average Bonchev–Trinajstić information content (AvgIpc) is 2.60. The van der Waals surface area contributed by atoms with Crippen molar-refractivity contribution in [3.63, 3.8) is 0 Å². The molecule has 1 heterocycles. The highest BCUT2D eigenvalue weighted by Gasteiger charge is 2.32. The molecule has 3 nitrogen and oxygen atoms in total. The first-order valence-corrected chi connectivity index (χ1v) is 9.17. The second-order valence-corrected chi connectivity index (χ2v) is 8.02. The second kappa shape index (κ2) is 7.20. The highest BCUT2D eigenvalue weighted by Crippen LogP contribution is 2.27. The van der Waals surface area contributed by atoms with Crippen molar-refractivity contribution in [3.8, 4) is 0 Å². The van der Waals surface area contributed by atoms with Gasteiger partial charge >= 0.3 is 0 Å². The smallest absolute Gasteiger partial charge is 0.244 e. The Kier molecular flexibility index (Phi) is 5.15. The predicted molar refractivity (Wildman–Crippen MR) is 104 cm³/mol. The van der Waals surface area contributed by atoms with Gasteiger partial charge in [0.1, 0.15) is 5.82 Å². The molecule has 138 valence electrons. The molecule has 1 atom stereocenters. The van der Waals surface area contributed by atoms with Crippen molar-refractivity contribution in [3.05, 3.63) is 65.5 Å². The number of amides is 1. The maximum atomic E-state index is 13.9. The van der Waals surface area contributed by atoms with E-state index in [4.69, 9.17) is 0 Å². The molecule has 1 amide bonds. The summed E-state index contributed by atoms with van der Waals surface area (Å²) in [5.41, 5.74) is 2.91. The lowest BCUT2D eigenvalue weighted by Gasteiger charge is -2.39. The Morgan fingerprint density at radius 2 is 1.69 bits per heavy atom. The molecule has 2 aromatic rings. The second-order valence-electron chi connectivity index (χ2n) is 8.02. The third kappa shape index (κ3) is 3.80. The molecule has 0 spiro atoms. The summed E-state index contributed by atoms with van der Waals surface area (Å²) in [6.45, 7) is 10.2. The Morgan fingerprint density at radius 3 is 2.31 bits per heavy atom. The molecule has 0 saturated carbocycles. The molecule has 3 rings (SSSR count). The van der Waals surface area contributed by atoms with E-state index in [0.29, 0.717) is 18.7 Å². The van der Waals surface area contributed by atoms with Gasteiger partial charge in [-0.15, -0.1) is 0 Å². The summed E-state index contributed by atoms with van der Waals surface area (Å²) in [7, 11) is 0. The molecule has 0 aromatic heterocycles.